The van der Waals surface area contributed by atoms with Gasteiger partial charge in [0.25, 0.3) is 0 Å². The van der Waals surface area contributed by atoms with E-state index in [0.717, 1.165) is 0 Å². The SMILES string of the molecule is CC1=Cc2ccccc2C1CCC1=CC([Si](C)(C)C)=CC1. The van der Waals surface area contributed by atoms with Gasteiger partial charge in [-0.2, -0.15) is 0 Å². The molecule has 2 aliphatic carbocycles. The first-order valence-electron chi connectivity index (χ1n) is 8.12. The lowest BCUT2D eigenvalue weighted by Crippen LogP contribution is -2.21. The van der Waals surface area contributed by atoms with Crippen LogP contribution in [-0.2, 0) is 0 Å². The summed E-state index contributed by atoms with van der Waals surface area (Å²) in [5.41, 5.74) is 6.14. The fraction of sp³-hybridized carbons (Fsp3) is 0.400. The van der Waals surface area contributed by atoms with Crippen LogP contribution in [0.5, 0.6) is 0 Å². The Kier molecular flexibility index (Phi) is 3.79. The molecule has 0 radical (unpaired) electrons. The van der Waals surface area contributed by atoms with Crippen molar-refractivity contribution in [3.05, 3.63) is 63.9 Å². The van der Waals surface area contributed by atoms with E-state index in [0.29, 0.717) is 5.92 Å². The first-order valence-corrected chi connectivity index (χ1v) is 11.6. The predicted octanol–water partition coefficient (Wildman–Crippen LogP) is 6.10. The maximum atomic E-state index is 2.51. The third-order valence-electron chi connectivity index (χ3n) is 4.87. The second-order valence-electron chi connectivity index (χ2n) is 7.52. The Labute approximate surface area is 130 Å². The molecule has 0 heterocycles. The van der Waals surface area contributed by atoms with Crippen LogP contribution < -0.4 is 0 Å². The van der Waals surface area contributed by atoms with E-state index < -0.39 is 8.07 Å². The molecule has 110 valence electrons. The smallest absolute Gasteiger partial charge is 0.0771 e. The molecule has 1 heteroatoms. The van der Waals surface area contributed by atoms with E-state index in [1.54, 1.807) is 10.8 Å². The van der Waals surface area contributed by atoms with Gasteiger partial charge in [-0.05, 0) is 37.3 Å². The third-order valence-corrected chi connectivity index (χ3v) is 6.95. The van der Waals surface area contributed by atoms with Crippen molar-refractivity contribution < 1.29 is 0 Å². The first-order chi connectivity index (χ1) is 9.95. The molecule has 0 N–H and O–H groups in total. The lowest BCUT2D eigenvalue weighted by atomic mass is 9.90. The van der Waals surface area contributed by atoms with Gasteiger partial charge in [0.15, 0.2) is 0 Å². The zero-order valence-electron chi connectivity index (χ0n) is 13.7. The summed E-state index contributed by atoms with van der Waals surface area (Å²) >= 11 is 0. The lowest BCUT2D eigenvalue weighted by molar-refractivity contribution is 0.705. The van der Waals surface area contributed by atoms with E-state index in [-0.39, 0.29) is 0 Å². The van der Waals surface area contributed by atoms with Gasteiger partial charge < -0.3 is 0 Å². The van der Waals surface area contributed by atoms with E-state index in [9.17, 15) is 0 Å². The minimum absolute atomic E-state index is 0.637. The van der Waals surface area contributed by atoms with Crippen molar-refractivity contribution in [1.82, 2.24) is 0 Å². The number of benzene rings is 1. The van der Waals surface area contributed by atoms with E-state index in [4.69, 9.17) is 0 Å². The third kappa shape index (κ3) is 2.98. The molecule has 0 aliphatic heterocycles. The van der Waals surface area contributed by atoms with Crippen LogP contribution in [0.1, 0.15) is 43.2 Å². The molecular weight excluding hydrogens is 268 g/mol. The highest BCUT2D eigenvalue weighted by Gasteiger charge is 2.24. The van der Waals surface area contributed by atoms with Crippen LogP contribution in [0.15, 0.2) is 52.8 Å². The molecule has 1 aromatic carbocycles. The van der Waals surface area contributed by atoms with Gasteiger partial charge in [0.1, 0.15) is 0 Å². The average molecular weight is 295 g/mol. The van der Waals surface area contributed by atoms with Gasteiger partial charge in [-0.3, -0.25) is 0 Å². The molecule has 0 amide bonds. The summed E-state index contributed by atoms with van der Waals surface area (Å²) in [4.78, 5) is 0. The Hall–Kier alpha value is -1.34. The highest BCUT2D eigenvalue weighted by Crippen LogP contribution is 2.40. The summed E-state index contributed by atoms with van der Waals surface area (Å²) < 4.78 is 0. The van der Waals surface area contributed by atoms with Gasteiger partial charge in [0.05, 0.1) is 8.07 Å². The largest absolute Gasteiger partial charge is 0.0812 e. The average Bonchev–Trinajstić information content (AvgIpc) is 3.00. The van der Waals surface area contributed by atoms with Crippen molar-refractivity contribution in [1.29, 1.82) is 0 Å². The Morgan fingerprint density at radius 1 is 1.10 bits per heavy atom. The molecule has 21 heavy (non-hydrogen) atoms. The van der Waals surface area contributed by atoms with E-state index in [1.807, 2.05) is 0 Å². The van der Waals surface area contributed by atoms with E-state index >= 15 is 0 Å². The van der Waals surface area contributed by atoms with Crippen LogP contribution in [0.3, 0.4) is 0 Å². The van der Waals surface area contributed by atoms with Gasteiger partial charge in [0, 0.05) is 5.92 Å². The summed E-state index contributed by atoms with van der Waals surface area (Å²) in [6.45, 7) is 9.62. The quantitative estimate of drug-likeness (QED) is 0.588. The molecule has 1 unspecified atom stereocenters. The zero-order chi connectivity index (χ0) is 15.0. The molecule has 0 fully saturated rings. The van der Waals surface area contributed by atoms with Crippen LogP contribution in [0.2, 0.25) is 19.6 Å². The Balaban J connectivity index is 1.67. The van der Waals surface area contributed by atoms with E-state index in [2.05, 4.69) is 69.1 Å². The van der Waals surface area contributed by atoms with Crippen molar-refractivity contribution in [2.75, 3.05) is 0 Å². The maximum Gasteiger partial charge on any atom is 0.0771 e. The number of rotatable bonds is 4. The van der Waals surface area contributed by atoms with Crippen LogP contribution in [0.25, 0.3) is 6.08 Å². The second kappa shape index (κ2) is 5.45. The van der Waals surface area contributed by atoms with Gasteiger partial charge in [-0.15, -0.1) is 0 Å². The first kappa shape index (κ1) is 14.6. The number of hydrogen-bond acceptors (Lipinski definition) is 0. The number of allylic oxidation sites excluding steroid dienone is 5. The zero-order valence-corrected chi connectivity index (χ0v) is 14.7. The van der Waals surface area contributed by atoms with Crippen molar-refractivity contribution in [3.63, 3.8) is 0 Å². The summed E-state index contributed by atoms with van der Waals surface area (Å²) in [5, 5.41) is 1.65. The molecule has 0 nitrogen and oxygen atoms in total. The van der Waals surface area contributed by atoms with Gasteiger partial charge in [-0.1, -0.05) is 78.5 Å². The lowest BCUT2D eigenvalue weighted by Gasteiger charge is -2.16. The van der Waals surface area contributed by atoms with Gasteiger partial charge in [-0.25, -0.2) is 0 Å². The highest BCUT2D eigenvalue weighted by atomic mass is 28.3. The monoisotopic (exact) mass is 294 g/mol. The van der Waals surface area contributed by atoms with Crippen molar-refractivity contribution >= 4 is 14.1 Å². The standard InChI is InChI=1S/C20H26Si/c1-15-13-17-7-5-6-8-20(17)19(15)12-10-16-9-11-18(14-16)21(2,3)4/h5-8,11,13-14,19H,9-10,12H2,1-4H3. The fourth-order valence-corrected chi connectivity index (χ4v) is 4.89. The topological polar surface area (TPSA) is 0 Å². The Bertz CT molecular complexity index is 638. The Morgan fingerprint density at radius 2 is 1.86 bits per heavy atom. The maximum absolute atomic E-state index is 2.51. The normalized spacial score (nSPS) is 21.0. The summed E-state index contributed by atoms with van der Waals surface area (Å²) in [6, 6.07) is 8.88. The molecule has 1 aromatic rings. The molecule has 0 spiro atoms. The van der Waals surface area contributed by atoms with Crippen LogP contribution in [-0.4, -0.2) is 8.07 Å². The van der Waals surface area contributed by atoms with Gasteiger partial charge in [0.2, 0.25) is 0 Å². The van der Waals surface area contributed by atoms with Crippen LogP contribution in [0, 0.1) is 0 Å². The minimum atomic E-state index is -1.12. The van der Waals surface area contributed by atoms with E-state index in [1.165, 1.54) is 36.0 Å². The molecule has 2 aliphatic rings. The predicted molar refractivity (Wildman–Crippen MR) is 96.2 cm³/mol. The summed E-state index contributed by atoms with van der Waals surface area (Å²) in [5.74, 6) is 0.637. The number of hydrogen-bond donors (Lipinski definition) is 0. The van der Waals surface area contributed by atoms with Gasteiger partial charge >= 0.3 is 0 Å². The summed E-state index contributed by atoms with van der Waals surface area (Å²) in [7, 11) is -1.12. The second-order valence-corrected chi connectivity index (χ2v) is 12.6. The minimum Gasteiger partial charge on any atom is -0.0812 e. The number of fused-ring (bicyclic) bond motifs is 1. The molecule has 3 rings (SSSR count). The van der Waals surface area contributed by atoms with Crippen molar-refractivity contribution in [2.24, 2.45) is 0 Å². The summed E-state index contributed by atoms with van der Waals surface area (Å²) in [6.07, 6.45) is 11.1. The molecule has 0 bridgehead atoms. The fourth-order valence-electron chi connectivity index (χ4n) is 3.54. The Morgan fingerprint density at radius 3 is 2.57 bits per heavy atom. The molecule has 1 atom stereocenters. The molecule has 0 aromatic heterocycles. The highest BCUT2D eigenvalue weighted by molar-refractivity contribution is 6.83. The van der Waals surface area contributed by atoms with Crippen LogP contribution >= 0.6 is 0 Å². The van der Waals surface area contributed by atoms with Crippen molar-refractivity contribution in [2.45, 2.75) is 51.7 Å². The van der Waals surface area contributed by atoms with Crippen LogP contribution in [0.4, 0.5) is 0 Å². The van der Waals surface area contributed by atoms with Crippen molar-refractivity contribution in [3.8, 4) is 0 Å². The molecule has 0 saturated carbocycles. The molecular formula is C20H26Si. The molecule has 0 saturated heterocycles.